The second kappa shape index (κ2) is 15.8. The summed E-state index contributed by atoms with van der Waals surface area (Å²) in [6, 6.07) is 16.0. The molecule has 0 fully saturated rings. The Kier molecular flexibility index (Phi) is 12.7. The Morgan fingerprint density at radius 2 is 1.29 bits per heavy atom. The number of nitrogens with one attached hydrogen (secondary N) is 3. The van der Waals surface area contributed by atoms with E-state index >= 15 is 0 Å². The maximum atomic E-state index is 12.1. The lowest BCUT2D eigenvalue weighted by atomic mass is 10.1. The smallest absolute Gasteiger partial charge is 0.322 e. The molecule has 8 nitrogen and oxygen atoms in total. The molecule has 0 unspecified atom stereocenters. The highest BCUT2D eigenvalue weighted by molar-refractivity contribution is 7.92. The molecule has 0 spiro atoms. The van der Waals surface area contributed by atoms with Gasteiger partial charge in [-0.15, -0.1) is 0 Å². The number of anilines is 2. The van der Waals surface area contributed by atoms with Gasteiger partial charge in [0.05, 0.1) is 5.75 Å². The first-order chi connectivity index (χ1) is 16.9. The summed E-state index contributed by atoms with van der Waals surface area (Å²) in [7, 11) is -3.27. The Bertz CT molecular complexity index is 995. The van der Waals surface area contributed by atoms with E-state index in [2.05, 4.69) is 15.4 Å². The van der Waals surface area contributed by atoms with Gasteiger partial charge < -0.3 is 15.7 Å². The number of hydrogen-bond acceptors (Lipinski definition) is 5. The van der Waals surface area contributed by atoms with E-state index in [9.17, 15) is 18.0 Å². The van der Waals surface area contributed by atoms with E-state index in [4.69, 9.17) is 5.11 Å². The van der Waals surface area contributed by atoms with Crippen molar-refractivity contribution in [1.29, 1.82) is 0 Å². The molecule has 0 saturated heterocycles. The fourth-order valence-electron chi connectivity index (χ4n) is 3.62. The van der Waals surface area contributed by atoms with Crippen LogP contribution < -0.4 is 15.4 Å². The predicted octanol–water partition coefficient (Wildman–Crippen LogP) is 4.87. The lowest BCUT2D eigenvalue weighted by Crippen LogP contribution is -2.29. The molecule has 2 aromatic rings. The third-order valence-electron chi connectivity index (χ3n) is 5.51. The summed E-state index contributed by atoms with van der Waals surface area (Å²) in [5, 5.41) is 14.3. The lowest BCUT2D eigenvalue weighted by Gasteiger charge is -2.08. The van der Waals surface area contributed by atoms with E-state index in [-0.39, 0.29) is 5.75 Å². The van der Waals surface area contributed by atoms with Crippen LogP contribution in [-0.2, 0) is 14.8 Å². The van der Waals surface area contributed by atoms with Crippen LogP contribution in [0.5, 0.6) is 0 Å². The Morgan fingerprint density at radius 3 is 1.89 bits per heavy atom. The van der Waals surface area contributed by atoms with E-state index in [1.807, 2.05) is 30.3 Å². The standard InChI is InChI=1S/C26H37N3O5S/c30-25(31)21-28-26(32)22-15-17-23(18-16-22)27-19-11-6-4-2-1-3-5-7-12-20-35(33,34)29-24-13-9-8-10-14-24/h8-10,13-18,27,29H,1-7,11-12,19-21H2,(H,28,32)(H,30,31). The number of carbonyl (C=O) groups is 2. The van der Waals surface area contributed by atoms with Gasteiger partial charge in [-0.1, -0.05) is 63.1 Å². The van der Waals surface area contributed by atoms with Gasteiger partial charge in [-0.05, 0) is 49.2 Å². The van der Waals surface area contributed by atoms with Gasteiger partial charge in [0.2, 0.25) is 10.0 Å². The molecular weight excluding hydrogens is 466 g/mol. The summed E-state index contributed by atoms with van der Waals surface area (Å²) in [4.78, 5) is 22.3. The van der Waals surface area contributed by atoms with Crippen LogP contribution in [0.4, 0.5) is 11.4 Å². The van der Waals surface area contributed by atoms with Crippen molar-refractivity contribution in [2.24, 2.45) is 0 Å². The number of benzene rings is 2. The van der Waals surface area contributed by atoms with Gasteiger partial charge >= 0.3 is 5.97 Å². The maximum Gasteiger partial charge on any atom is 0.322 e. The number of aliphatic carboxylic acids is 1. The molecule has 0 heterocycles. The van der Waals surface area contributed by atoms with Crippen molar-refractivity contribution in [2.75, 3.05) is 28.9 Å². The summed E-state index contributed by atoms with van der Waals surface area (Å²) < 4.78 is 26.8. The van der Waals surface area contributed by atoms with Gasteiger partial charge in [0.25, 0.3) is 5.91 Å². The Morgan fingerprint density at radius 1 is 0.714 bits per heavy atom. The van der Waals surface area contributed by atoms with Crippen molar-refractivity contribution in [2.45, 2.75) is 57.8 Å². The van der Waals surface area contributed by atoms with E-state index in [0.717, 1.165) is 44.3 Å². The van der Waals surface area contributed by atoms with Gasteiger partial charge in [0.15, 0.2) is 0 Å². The zero-order chi connectivity index (χ0) is 25.4. The molecular formula is C26H37N3O5S. The monoisotopic (exact) mass is 503 g/mol. The number of carboxylic acid groups (broad SMARTS) is 1. The molecule has 35 heavy (non-hydrogen) atoms. The number of carbonyl (C=O) groups excluding carboxylic acids is 1. The first kappa shape index (κ1) is 28.2. The summed E-state index contributed by atoms with van der Waals surface area (Å²) in [5.41, 5.74) is 1.97. The molecule has 2 rings (SSSR count). The van der Waals surface area contributed by atoms with Gasteiger partial charge in [-0.25, -0.2) is 8.42 Å². The number of amides is 1. The first-order valence-corrected chi connectivity index (χ1v) is 13.9. The van der Waals surface area contributed by atoms with Crippen LogP contribution in [0.2, 0.25) is 0 Å². The SMILES string of the molecule is O=C(O)CNC(=O)c1ccc(NCCCCCCCCCCCS(=O)(=O)Nc2ccccc2)cc1. The van der Waals surface area contributed by atoms with Crippen molar-refractivity contribution in [3.63, 3.8) is 0 Å². The molecule has 2 aromatic carbocycles. The van der Waals surface area contributed by atoms with Crippen molar-refractivity contribution < 1.29 is 23.1 Å². The van der Waals surface area contributed by atoms with Crippen LogP contribution in [-0.4, -0.2) is 44.2 Å². The van der Waals surface area contributed by atoms with Gasteiger partial charge in [0, 0.05) is 23.5 Å². The maximum absolute atomic E-state index is 12.1. The van der Waals surface area contributed by atoms with Crippen LogP contribution in [0.3, 0.4) is 0 Å². The molecule has 1 amide bonds. The van der Waals surface area contributed by atoms with E-state index < -0.39 is 28.4 Å². The van der Waals surface area contributed by atoms with E-state index in [1.54, 1.807) is 24.3 Å². The van der Waals surface area contributed by atoms with Gasteiger partial charge in [0.1, 0.15) is 6.54 Å². The minimum absolute atomic E-state index is 0.162. The van der Waals surface area contributed by atoms with Crippen LogP contribution in [0.25, 0.3) is 0 Å². The number of para-hydroxylation sites is 1. The number of unbranched alkanes of at least 4 members (excludes halogenated alkanes) is 8. The van der Waals surface area contributed by atoms with Crippen molar-refractivity contribution in [1.82, 2.24) is 5.32 Å². The molecule has 0 aliphatic carbocycles. The summed E-state index contributed by atoms with van der Waals surface area (Å²) >= 11 is 0. The molecule has 0 aliphatic heterocycles. The number of carboxylic acids is 1. The zero-order valence-electron chi connectivity index (χ0n) is 20.2. The molecule has 9 heteroatoms. The van der Waals surface area contributed by atoms with Crippen LogP contribution in [0.1, 0.15) is 68.1 Å². The largest absolute Gasteiger partial charge is 0.480 e. The molecule has 192 valence electrons. The Labute approximate surface area is 208 Å². The topological polar surface area (TPSA) is 125 Å². The predicted molar refractivity (Wildman–Crippen MR) is 140 cm³/mol. The highest BCUT2D eigenvalue weighted by Crippen LogP contribution is 2.13. The van der Waals surface area contributed by atoms with Crippen LogP contribution in [0.15, 0.2) is 54.6 Å². The molecule has 0 radical (unpaired) electrons. The van der Waals surface area contributed by atoms with E-state index in [0.29, 0.717) is 17.7 Å². The van der Waals surface area contributed by atoms with Crippen molar-refractivity contribution in [3.8, 4) is 0 Å². The molecule has 0 aromatic heterocycles. The number of hydrogen-bond donors (Lipinski definition) is 4. The third-order valence-corrected chi connectivity index (χ3v) is 6.89. The van der Waals surface area contributed by atoms with E-state index in [1.165, 1.54) is 19.3 Å². The Hall–Kier alpha value is -3.07. The second-order valence-corrected chi connectivity index (χ2v) is 10.4. The summed E-state index contributed by atoms with van der Waals surface area (Å²) in [5.74, 6) is -1.31. The third kappa shape index (κ3) is 12.8. The quantitative estimate of drug-likeness (QED) is 0.215. The lowest BCUT2D eigenvalue weighted by molar-refractivity contribution is -0.135. The minimum Gasteiger partial charge on any atom is -0.480 e. The minimum atomic E-state index is -3.27. The average Bonchev–Trinajstić information content (AvgIpc) is 2.84. The fourth-order valence-corrected chi connectivity index (χ4v) is 4.80. The number of sulfonamides is 1. The normalized spacial score (nSPS) is 11.1. The molecule has 0 saturated carbocycles. The van der Waals surface area contributed by atoms with Crippen LogP contribution >= 0.6 is 0 Å². The van der Waals surface area contributed by atoms with Crippen molar-refractivity contribution >= 4 is 33.3 Å². The second-order valence-electron chi connectivity index (χ2n) is 8.55. The van der Waals surface area contributed by atoms with Gasteiger partial charge in [-0.3, -0.25) is 14.3 Å². The number of rotatable bonds is 18. The Balaban J connectivity index is 1.43. The molecule has 0 aliphatic rings. The first-order valence-electron chi connectivity index (χ1n) is 12.3. The summed E-state index contributed by atoms with van der Waals surface area (Å²) in [6.07, 6.45) is 9.56. The molecule has 0 bridgehead atoms. The average molecular weight is 504 g/mol. The summed E-state index contributed by atoms with van der Waals surface area (Å²) in [6.45, 7) is 0.464. The molecule has 0 atom stereocenters. The highest BCUT2D eigenvalue weighted by atomic mass is 32.2. The fraction of sp³-hybridized carbons (Fsp3) is 0.462. The van der Waals surface area contributed by atoms with Crippen LogP contribution in [0, 0.1) is 0 Å². The zero-order valence-corrected chi connectivity index (χ0v) is 21.0. The highest BCUT2D eigenvalue weighted by Gasteiger charge is 2.09. The van der Waals surface area contributed by atoms with Crippen molar-refractivity contribution in [3.05, 3.63) is 60.2 Å². The van der Waals surface area contributed by atoms with Gasteiger partial charge in [-0.2, -0.15) is 0 Å². The molecule has 4 N–H and O–H groups in total.